The van der Waals surface area contributed by atoms with E-state index >= 15 is 0 Å². The Kier molecular flexibility index (Phi) is 4.99. The van der Waals surface area contributed by atoms with Crippen LogP contribution in [0.1, 0.15) is 5.56 Å². The first kappa shape index (κ1) is 17.8. The monoisotopic (exact) mass is 406 g/mol. The molecule has 0 saturated carbocycles. The van der Waals surface area contributed by atoms with Crippen molar-refractivity contribution in [1.29, 1.82) is 0 Å². The molecule has 24 heavy (non-hydrogen) atoms. The van der Waals surface area contributed by atoms with Crippen LogP contribution in [0.15, 0.2) is 40.9 Å². The molecule has 0 bridgehead atoms. The van der Waals surface area contributed by atoms with Gasteiger partial charge in [0.05, 0.1) is 21.1 Å². The summed E-state index contributed by atoms with van der Waals surface area (Å²) in [7, 11) is -7.18. The van der Waals surface area contributed by atoms with Crippen LogP contribution in [0, 0.1) is 0 Å². The molecule has 10 heteroatoms. The number of pyridine rings is 1. The average Bonchev–Trinajstić information content (AvgIpc) is 3.10. The lowest BCUT2D eigenvalue weighted by Gasteiger charge is -2.19. The van der Waals surface area contributed by atoms with Gasteiger partial charge in [0.25, 0.3) is 0 Å². The first-order chi connectivity index (χ1) is 11.3. The molecular formula is C14H15ClN2O4S3. The predicted molar refractivity (Wildman–Crippen MR) is 93.8 cm³/mol. The molecule has 6 nitrogen and oxygen atoms in total. The summed E-state index contributed by atoms with van der Waals surface area (Å²) in [6.45, 7) is 0.375. The van der Waals surface area contributed by atoms with Crippen molar-refractivity contribution in [2.24, 2.45) is 0 Å². The van der Waals surface area contributed by atoms with Gasteiger partial charge in [0.15, 0.2) is 19.7 Å². The van der Waals surface area contributed by atoms with Crippen LogP contribution < -0.4 is 5.32 Å². The number of hydrogen-bond donors (Lipinski definition) is 1. The van der Waals surface area contributed by atoms with Crippen molar-refractivity contribution < 1.29 is 16.8 Å². The molecular weight excluding hydrogens is 392 g/mol. The summed E-state index contributed by atoms with van der Waals surface area (Å²) in [5, 5.41) is 2.06. The first-order valence-electron chi connectivity index (χ1n) is 7.10. The molecule has 0 aliphatic carbocycles. The van der Waals surface area contributed by atoms with E-state index in [-0.39, 0.29) is 15.7 Å². The lowest BCUT2D eigenvalue weighted by atomic mass is 10.2. The van der Waals surface area contributed by atoms with Crippen LogP contribution in [-0.4, -0.2) is 44.6 Å². The second-order valence-corrected chi connectivity index (χ2v) is 11.8. The Hall–Kier alpha value is -1.000. The molecule has 0 aromatic carbocycles. The number of halogens is 1. The SMILES string of the molecule is O=S1(=O)C[C@H](NCc2ccncc2)[C@@H](S(=O)(=O)c2ccc(Cl)s2)C1. The molecule has 1 aliphatic rings. The van der Waals surface area contributed by atoms with Crippen LogP contribution in [0.25, 0.3) is 0 Å². The highest BCUT2D eigenvalue weighted by molar-refractivity contribution is 7.97. The molecule has 2 aromatic rings. The van der Waals surface area contributed by atoms with Gasteiger partial charge in [0, 0.05) is 25.0 Å². The standard InChI is InChI=1S/C14H15ClN2O4S3/c15-13-1-2-14(22-13)24(20,21)12-9-23(18,19)8-11(12)17-7-10-3-5-16-6-4-10/h1-6,11-12,17H,7-9H2/t11-,12-/m0/s1. The minimum absolute atomic E-state index is 0.102. The quantitative estimate of drug-likeness (QED) is 0.809. The highest BCUT2D eigenvalue weighted by Crippen LogP contribution is 2.32. The Labute approximate surface area is 149 Å². The molecule has 1 aliphatic heterocycles. The van der Waals surface area contributed by atoms with Gasteiger partial charge >= 0.3 is 0 Å². The second kappa shape index (κ2) is 6.72. The number of rotatable bonds is 5. The highest BCUT2D eigenvalue weighted by atomic mass is 35.5. The Bertz CT molecular complexity index is 926. The summed E-state index contributed by atoms with van der Waals surface area (Å²) in [5.74, 6) is -0.569. The van der Waals surface area contributed by atoms with Crippen LogP contribution in [0.3, 0.4) is 0 Å². The van der Waals surface area contributed by atoms with Crippen molar-refractivity contribution in [3.8, 4) is 0 Å². The van der Waals surface area contributed by atoms with Gasteiger partial charge in [0.2, 0.25) is 0 Å². The van der Waals surface area contributed by atoms with E-state index in [4.69, 9.17) is 11.6 Å². The summed E-state index contributed by atoms with van der Waals surface area (Å²) in [6, 6.07) is 5.85. The maximum atomic E-state index is 12.8. The highest BCUT2D eigenvalue weighted by Gasteiger charge is 2.46. The number of aromatic nitrogens is 1. The molecule has 2 aromatic heterocycles. The summed E-state index contributed by atoms with van der Waals surface area (Å²) >= 11 is 6.77. The molecule has 3 heterocycles. The van der Waals surface area contributed by atoms with Gasteiger partial charge in [-0.3, -0.25) is 4.98 Å². The van der Waals surface area contributed by atoms with Gasteiger partial charge in [0.1, 0.15) is 4.21 Å². The molecule has 3 rings (SSSR count). The van der Waals surface area contributed by atoms with Crippen LogP contribution >= 0.6 is 22.9 Å². The van der Waals surface area contributed by atoms with Crippen LogP contribution in [0.2, 0.25) is 4.34 Å². The van der Waals surface area contributed by atoms with Crippen molar-refractivity contribution >= 4 is 42.6 Å². The van der Waals surface area contributed by atoms with Crippen molar-refractivity contribution in [3.63, 3.8) is 0 Å². The summed E-state index contributed by atoms with van der Waals surface area (Å²) in [6.07, 6.45) is 3.26. The van der Waals surface area contributed by atoms with Gasteiger partial charge in [-0.25, -0.2) is 16.8 Å². The third kappa shape index (κ3) is 3.80. The zero-order valence-electron chi connectivity index (χ0n) is 12.4. The normalized spacial score (nSPS) is 23.4. The molecule has 1 N–H and O–H groups in total. The topological polar surface area (TPSA) is 93.2 Å². The average molecular weight is 407 g/mol. The largest absolute Gasteiger partial charge is 0.308 e. The summed E-state index contributed by atoms with van der Waals surface area (Å²) in [5.41, 5.74) is 0.907. The van der Waals surface area contributed by atoms with E-state index in [1.54, 1.807) is 24.5 Å². The first-order valence-corrected chi connectivity index (χ1v) is 11.7. The van der Waals surface area contributed by atoms with E-state index in [9.17, 15) is 16.8 Å². The minimum Gasteiger partial charge on any atom is -0.308 e. The van der Waals surface area contributed by atoms with E-state index in [0.29, 0.717) is 10.9 Å². The number of sulfone groups is 2. The Morgan fingerprint density at radius 1 is 1.21 bits per heavy atom. The molecule has 0 amide bonds. The maximum Gasteiger partial charge on any atom is 0.193 e. The van der Waals surface area contributed by atoms with E-state index < -0.39 is 31.0 Å². The third-order valence-electron chi connectivity index (χ3n) is 3.85. The van der Waals surface area contributed by atoms with E-state index in [0.717, 1.165) is 16.9 Å². The van der Waals surface area contributed by atoms with Gasteiger partial charge in [-0.2, -0.15) is 0 Å². The fourth-order valence-corrected chi connectivity index (χ4v) is 9.09. The molecule has 0 radical (unpaired) electrons. The Morgan fingerprint density at radius 3 is 2.54 bits per heavy atom. The Balaban J connectivity index is 1.84. The summed E-state index contributed by atoms with van der Waals surface area (Å²) < 4.78 is 50.1. The zero-order valence-corrected chi connectivity index (χ0v) is 15.6. The van der Waals surface area contributed by atoms with Gasteiger partial charge < -0.3 is 5.32 Å². The van der Waals surface area contributed by atoms with E-state index in [1.165, 1.54) is 12.1 Å². The van der Waals surface area contributed by atoms with Crippen molar-refractivity contribution in [2.45, 2.75) is 22.0 Å². The number of nitrogens with zero attached hydrogens (tertiary/aromatic N) is 1. The van der Waals surface area contributed by atoms with E-state index in [2.05, 4.69) is 10.3 Å². The van der Waals surface area contributed by atoms with Crippen LogP contribution in [0.5, 0.6) is 0 Å². The van der Waals surface area contributed by atoms with Gasteiger partial charge in [-0.15, -0.1) is 11.3 Å². The molecule has 1 fully saturated rings. The maximum absolute atomic E-state index is 12.8. The van der Waals surface area contributed by atoms with Gasteiger partial charge in [-0.1, -0.05) is 11.6 Å². The number of thiophene rings is 1. The predicted octanol–water partition coefficient (Wildman–Crippen LogP) is 1.53. The van der Waals surface area contributed by atoms with Crippen LogP contribution in [0.4, 0.5) is 0 Å². The molecule has 0 unspecified atom stereocenters. The van der Waals surface area contributed by atoms with Crippen LogP contribution in [-0.2, 0) is 26.2 Å². The van der Waals surface area contributed by atoms with Crippen molar-refractivity contribution in [2.75, 3.05) is 11.5 Å². The third-order valence-corrected chi connectivity index (χ3v) is 9.75. The Morgan fingerprint density at radius 2 is 1.92 bits per heavy atom. The van der Waals surface area contributed by atoms with Crippen molar-refractivity contribution in [1.82, 2.24) is 10.3 Å². The fraction of sp³-hybridized carbons (Fsp3) is 0.357. The molecule has 130 valence electrons. The number of nitrogens with one attached hydrogen (secondary N) is 1. The lowest BCUT2D eigenvalue weighted by Crippen LogP contribution is -2.42. The minimum atomic E-state index is -3.76. The van der Waals surface area contributed by atoms with Gasteiger partial charge in [-0.05, 0) is 29.8 Å². The second-order valence-electron chi connectivity index (χ2n) is 5.56. The molecule has 1 saturated heterocycles. The van der Waals surface area contributed by atoms with E-state index in [1.807, 2.05) is 0 Å². The fourth-order valence-electron chi connectivity index (χ4n) is 2.66. The van der Waals surface area contributed by atoms with Crippen molar-refractivity contribution in [3.05, 3.63) is 46.6 Å². The molecule has 0 spiro atoms. The smallest absolute Gasteiger partial charge is 0.193 e. The number of hydrogen-bond acceptors (Lipinski definition) is 7. The zero-order chi connectivity index (χ0) is 17.4. The summed E-state index contributed by atoms with van der Waals surface area (Å²) in [4.78, 5) is 3.91. The molecule has 2 atom stereocenters. The lowest BCUT2D eigenvalue weighted by molar-refractivity contribution is 0.527.